The summed E-state index contributed by atoms with van der Waals surface area (Å²) < 4.78 is 1.83. The number of rotatable bonds is 8. The maximum Gasteiger partial charge on any atom is 0.137 e. The zero-order valence-corrected chi connectivity index (χ0v) is 15.4. The summed E-state index contributed by atoms with van der Waals surface area (Å²) in [5.74, 6) is 0. The van der Waals surface area contributed by atoms with Crippen LogP contribution in [0.25, 0.3) is 0 Å². The van der Waals surface area contributed by atoms with Gasteiger partial charge in [0.15, 0.2) is 0 Å². The molecule has 2 aromatic rings. The quantitative estimate of drug-likeness (QED) is 0.738. The smallest absolute Gasteiger partial charge is 0.137 e. The Morgan fingerprint density at radius 2 is 1.75 bits per heavy atom. The molecule has 132 valence electrons. The van der Waals surface area contributed by atoms with Gasteiger partial charge in [-0.25, -0.2) is 9.67 Å². The number of benzene rings is 1. The Labute approximate surface area is 145 Å². The molecule has 0 bridgehead atoms. The van der Waals surface area contributed by atoms with Gasteiger partial charge in [-0.15, -0.1) is 0 Å². The number of aromatic nitrogens is 3. The van der Waals surface area contributed by atoms with Gasteiger partial charge in [-0.3, -0.25) is 0 Å². The first kappa shape index (κ1) is 18.7. The summed E-state index contributed by atoms with van der Waals surface area (Å²) in [4.78, 5) is 4.08. The predicted octanol–water partition coefficient (Wildman–Crippen LogP) is 4.20. The van der Waals surface area contributed by atoms with E-state index < -0.39 is 11.6 Å². The molecule has 0 aliphatic carbocycles. The van der Waals surface area contributed by atoms with Crippen LogP contribution in [0.3, 0.4) is 0 Å². The number of nitrogens with zero attached hydrogens (tertiary/aromatic N) is 3. The third-order valence-electron chi connectivity index (χ3n) is 4.84. The van der Waals surface area contributed by atoms with Crippen molar-refractivity contribution >= 4 is 0 Å². The van der Waals surface area contributed by atoms with Crippen LogP contribution in [0.2, 0.25) is 0 Å². The van der Waals surface area contributed by atoms with E-state index in [-0.39, 0.29) is 5.41 Å². The second kappa shape index (κ2) is 7.93. The lowest BCUT2D eigenvalue weighted by molar-refractivity contribution is -0.0449. The molecule has 0 aliphatic rings. The van der Waals surface area contributed by atoms with Gasteiger partial charge in [-0.2, -0.15) is 5.10 Å². The Hall–Kier alpha value is -1.68. The largest absolute Gasteiger partial charge is 0.390 e. The summed E-state index contributed by atoms with van der Waals surface area (Å²) in [6.07, 6.45) is 8.17. The van der Waals surface area contributed by atoms with Crippen molar-refractivity contribution in [2.24, 2.45) is 5.41 Å². The Morgan fingerprint density at radius 3 is 2.33 bits per heavy atom. The average Bonchev–Trinajstić information content (AvgIpc) is 3.09. The molecule has 0 radical (unpaired) electrons. The monoisotopic (exact) mass is 329 g/mol. The third-order valence-corrected chi connectivity index (χ3v) is 4.84. The van der Waals surface area contributed by atoms with E-state index in [1.807, 2.05) is 4.68 Å². The van der Waals surface area contributed by atoms with Gasteiger partial charge in [0.2, 0.25) is 0 Å². The molecule has 1 aromatic carbocycles. The molecular formula is C20H31N3O. The SMILES string of the molecule is CC(C)(C)C(O)C(C)(CCCCCc1ccccc1)n1cncn1. The highest BCUT2D eigenvalue weighted by Gasteiger charge is 2.41. The molecule has 2 atom stereocenters. The summed E-state index contributed by atoms with van der Waals surface area (Å²) in [6.45, 7) is 8.31. The molecule has 0 fully saturated rings. The molecule has 0 aliphatic heterocycles. The van der Waals surface area contributed by atoms with Gasteiger partial charge in [-0.05, 0) is 37.2 Å². The maximum atomic E-state index is 10.9. The van der Waals surface area contributed by atoms with Crippen molar-refractivity contribution in [3.05, 3.63) is 48.5 Å². The van der Waals surface area contributed by atoms with E-state index in [1.165, 1.54) is 12.0 Å². The molecule has 0 amide bonds. The molecule has 1 N–H and O–H groups in total. The Morgan fingerprint density at radius 1 is 1.04 bits per heavy atom. The second-order valence-corrected chi connectivity index (χ2v) is 8.01. The van der Waals surface area contributed by atoms with Gasteiger partial charge >= 0.3 is 0 Å². The Balaban J connectivity index is 1.92. The Kier molecular flexibility index (Phi) is 6.16. The number of hydrogen-bond acceptors (Lipinski definition) is 3. The summed E-state index contributed by atoms with van der Waals surface area (Å²) in [5.41, 5.74) is 0.762. The minimum atomic E-state index is -0.485. The number of hydrogen-bond donors (Lipinski definition) is 1. The molecule has 24 heavy (non-hydrogen) atoms. The first-order chi connectivity index (χ1) is 11.3. The highest BCUT2D eigenvalue weighted by atomic mass is 16.3. The summed E-state index contributed by atoms with van der Waals surface area (Å²) in [7, 11) is 0. The van der Waals surface area contributed by atoms with Gasteiger partial charge < -0.3 is 5.11 Å². The number of unbranched alkanes of at least 4 members (excludes halogenated alkanes) is 2. The van der Waals surface area contributed by atoms with Crippen LogP contribution in [-0.2, 0) is 12.0 Å². The molecule has 0 spiro atoms. The molecule has 2 unspecified atom stereocenters. The second-order valence-electron chi connectivity index (χ2n) is 8.01. The van der Waals surface area contributed by atoms with Crippen LogP contribution in [0, 0.1) is 5.41 Å². The van der Waals surface area contributed by atoms with E-state index in [0.717, 1.165) is 25.7 Å². The highest BCUT2D eigenvalue weighted by Crippen LogP contribution is 2.36. The van der Waals surface area contributed by atoms with Gasteiger partial charge in [0, 0.05) is 0 Å². The molecule has 0 saturated heterocycles. The van der Waals surface area contributed by atoms with Crippen molar-refractivity contribution in [1.29, 1.82) is 0 Å². The van der Waals surface area contributed by atoms with Crippen LogP contribution in [0.1, 0.15) is 58.9 Å². The fourth-order valence-corrected chi connectivity index (χ4v) is 3.41. The predicted molar refractivity (Wildman–Crippen MR) is 97.7 cm³/mol. The first-order valence-corrected chi connectivity index (χ1v) is 8.91. The average molecular weight is 329 g/mol. The number of aliphatic hydroxyl groups excluding tert-OH is 1. The van der Waals surface area contributed by atoms with Crippen molar-refractivity contribution < 1.29 is 5.11 Å². The molecular weight excluding hydrogens is 298 g/mol. The summed E-state index contributed by atoms with van der Waals surface area (Å²) >= 11 is 0. The zero-order chi connectivity index (χ0) is 17.6. The number of aryl methyl sites for hydroxylation is 1. The van der Waals surface area contributed by atoms with Crippen molar-refractivity contribution in [3.63, 3.8) is 0 Å². The third kappa shape index (κ3) is 4.67. The fourth-order valence-electron chi connectivity index (χ4n) is 3.41. The van der Waals surface area contributed by atoms with Crippen LogP contribution in [0.15, 0.2) is 43.0 Å². The van der Waals surface area contributed by atoms with E-state index in [1.54, 1.807) is 12.7 Å². The van der Waals surface area contributed by atoms with Crippen molar-refractivity contribution in [2.45, 2.75) is 71.4 Å². The van der Waals surface area contributed by atoms with Gasteiger partial charge in [0.05, 0.1) is 11.6 Å². The van der Waals surface area contributed by atoms with Crippen LogP contribution < -0.4 is 0 Å². The molecule has 0 saturated carbocycles. The van der Waals surface area contributed by atoms with Gasteiger partial charge in [0.25, 0.3) is 0 Å². The van der Waals surface area contributed by atoms with Crippen LogP contribution >= 0.6 is 0 Å². The van der Waals surface area contributed by atoms with Crippen molar-refractivity contribution in [2.75, 3.05) is 0 Å². The van der Waals surface area contributed by atoms with Crippen LogP contribution in [-0.4, -0.2) is 26.0 Å². The van der Waals surface area contributed by atoms with E-state index in [9.17, 15) is 5.11 Å². The fraction of sp³-hybridized carbons (Fsp3) is 0.600. The van der Waals surface area contributed by atoms with Gasteiger partial charge in [0.1, 0.15) is 12.7 Å². The van der Waals surface area contributed by atoms with Crippen LogP contribution in [0.4, 0.5) is 0 Å². The maximum absolute atomic E-state index is 10.9. The molecule has 1 aromatic heterocycles. The molecule has 4 nitrogen and oxygen atoms in total. The molecule has 4 heteroatoms. The highest BCUT2D eigenvalue weighted by molar-refractivity contribution is 5.14. The Bertz CT molecular complexity index is 589. The summed E-state index contributed by atoms with van der Waals surface area (Å²) in [6, 6.07) is 10.6. The minimum Gasteiger partial charge on any atom is -0.390 e. The van der Waals surface area contributed by atoms with Crippen molar-refractivity contribution in [3.8, 4) is 0 Å². The topological polar surface area (TPSA) is 50.9 Å². The van der Waals surface area contributed by atoms with E-state index in [0.29, 0.717) is 0 Å². The van der Waals surface area contributed by atoms with Gasteiger partial charge in [-0.1, -0.05) is 63.9 Å². The summed E-state index contributed by atoms with van der Waals surface area (Å²) in [5, 5.41) is 15.2. The normalized spacial score (nSPS) is 15.9. The lowest BCUT2D eigenvalue weighted by Crippen LogP contribution is -2.49. The van der Waals surface area contributed by atoms with Crippen molar-refractivity contribution in [1.82, 2.24) is 14.8 Å². The van der Waals surface area contributed by atoms with Crippen LogP contribution in [0.5, 0.6) is 0 Å². The zero-order valence-electron chi connectivity index (χ0n) is 15.4. The minimum absolute atomic E-state index is 0.204. The molecule has 1 heterocycles. The standard InChI is InChI=1S/C20H31N3O/c1-19(2,3)18(24)20(4,23-16-21-15-22-23)14-10-6-9-13-17-11-7-5-8-12-17/h5,7-8,11-12,15-16,18,24H,6,9-10,13-14H2,1-4H3. The van der Waals surface area contributed by atoms with E-state index >= 15 is 0 Å². The van der Waals surface area contributed by atoms with E-state index in [2.05, 4.69) is 68.1 Å². The van der Waals surface area contributed by atoms with E-state index in [4.69, 9.17) is 0 Å². The molecule has 2 rings (SSSR count). The number of aliphatic hydroxyl groups is 1. The lowest BCUT2D eigenvalue weighted by atomic mass is 9.75. The lowest BCUT2D eigenvalue weighted by Gasteiger charge is -2.41. The first-order valence-electron chi connectivity index (χ1n) is 8.91.